The number of pyridine rings is 1. The summed E-state index contributed by atoms with van der Waals surface area (Å²) in [4.78, 5) is 12.5. The summed E-state index contributed by atoms with van der Waals surface area (Å²) in [6.45, 7) is 16.4. The van der Waals surface area contributed by atoms with E-state index in [0.29, 0.717) is 33.6 Å². The van der Waals surface area contributed by atoms with E-state index in [4.69, 9.17) is 4.98 Å². The van der Waals surface area contributed by atoms with E-state index in [-0.39, 0.29) is 5.82 Å². The summed E-state index contributed by atoms with van der Waals surface area (Å²) < 4.78 is 14.6. The van der Waals surface area contributed by atoms with Crippen LogP contribution in [0.1, 0.15) is 37.2 Å². The molecule has 0 atom stereocenters. The maximum atomic E-state index is 14.6. The zero-order valence-corrected chi connectivity index (χ0v) is 22.0. The molecule has 0 aliphatic heterocycles. The molecule has 0 spiro atoms. The number of allylic oxidation sites excluding steroid dienone is 5. The van der Waals surface area contributed by atoms with E-state index in [1.165, 1.54) is 6.07 Å². The molecule has 4 aromatic rings. The second-order valence-corrected chi connectivity index (χ2v) is 8.77. The predicted molar refractivity (Wildman–Crippen MR) is 158 cm³/mol. The van der Waals surface area contributed by atoms with E-state index in [1.807, 2.05) is 32.2 Å². The van der Waals surface area contributed by atoms with Crippen molar-refractivity contribution in [2.24, 2.45) is 0 Å². The van der Waals surface area contributed by atoms with Gasteiger partial charge in [0.1, 0.15) is 17.2 Å². The molecule has 0 aliphatic rings. The summed E-state index contributed by atoms with van der Waals surface area (Å²) in [6, 6.07) is 12.8. The van der Waals surface area contributed by atoms with Crippen molar-refractivity contribution in [1.29, 1.82) is 0 Å². The van der Waals surface area contributed by atoms with Gasteiger partial charge in [-0.05, 0) is 54.8 Å². The number of imidazole rings is 1. The van der Waals surface area contributed by atoms with Crippen molar-refractivity contribution in [3.8, 4) is 11.1 Å². The Balaban J connectivity index is 1.76. The fourth-order valence-corrected chi connectivity index (χ4v) is 4.21. The molecule has 0 aliphatic carbocycles. The number of nitrogens with one attached hydrogen (secondary N) is 3. The minimum Gasteiger partial charge on any atom is -0.388 e. The van der Waals surface area contributed by atoms with E-state index in [1.54, 1.807) is 36.7 Å². The van der Waals surface area contributed by atoms with Crippen LogP contribution < -0.4 is 10.6 Å². The van der Waals surface area contributed by atoms with Crippen LogP contribution in [0, 0.1) is 5.82 Å². The van der Waals surface area contributed by atoms with Crippen molar-refractivity contribution in [3.05, 3.63) is 127 Å². The molecule has 2 heterocycles. The van der Waals surface area contributed by atoms with Gasteiger partial charge in [-0.1, -0.05) is 57.0 Å². The van der Waals surface area contributed by atoms with Gasteiger partial charge in [0.2, 0.25) is 0 Å². The molecule has 192 valence electrons. The van der Waals surface area contributed by atoms with Gasteiger partial charge in [0, 0.05) is 52.6 Å². The van der Waals surface area contributed by atoms with Gasteiger partial charge >= 0.3 is 0 Å². The number of fused-ring (bicyclic) bond motifs is 1. The molecule has 2 aromatic heterocycles. The van der Waals surface area contributed by atoms with E-state index >= 15 is 0 Å². The van der Waals surface area contributed by atoms with Gasteiger partial charge in [0.05, 0.1) is 11.7 Å². The fourth-order valence-electron chi connectivity index (χ4n) is 4.21. The molecular formula is C32H32FN5. The van der Waals surface area contributed by atoms with Crippen molar-refractivity contribution in [2.45, 2.75) is 20.3 Å². The number of benzene rings is 2. The zero-order valence-electron chi connectivity index (χ0n) is 22.0. The first kappa shape index (κ1) is 26.4. The van der Waals surface area contributed by atoms with Crippen LogP contribution in [-0.2, 0) is 0 Å². The molecule has 4 rings (SSSR count). The lowest BCUT2D eigenvalue weighted by molar-refractivity contribution is 0.631. The molecule has 6 heteroatoms. The largest absolute Gasteiger partial charge is 0.388 e. The molecule has 0 bridgehead atoms. The normalized spacial score (nSPS) is 11.9. The average Bonchev–Trinajstić information content (AvgIpc) is 3.39. The number of rotatable bonds is 10. The Bertz CT molecular complexity index is 1590. The van der Waals surface area contributed by atoms with Crippen molar-refractivity contribution >= 4 is 27.9 Å². The van der Waals surface area contributed by atoms with Gasteiger partial charge in [-0.25, -0.2) is 9.37 Å². The predicted octanol–water partition coefficient (Wildman–Crippen LogP) is 7.85. The topological polar surface area (TPSA) is 65.6 Å². The second kappa shape index (κ2) is 11.6. The minimum absolute atomic E-state index is 0.321. The lowest BCUT2D eigenvalue weighted by Crippen LogP contribution is -2.09. The first-order valence-electron chi connectivity index (χ1n) is 12.5. The number of hydrogen-bond donors (Lipinski definition) is 3. The van der Waals surface area contributed by atoms with Gasteiger partial charge in [0.25, 0.3) is 0 Å². The van der Waals surface area contributed by atoms with Crippen LogP contribution in [0.15, 0.2) is 104 Å². The highest BCUT2D eigenvalue weighted by Gasteiger charge is 2.17. The van der Waals surface area contributed by atoms with E-state index in [2.05, 4.69) is 59.4 Å². The highest BCUT2D eigenvalue weighted by molar-refractivity contribution is 5.94. The lowest BCUT2D eigenvalue weighted by atomic mass is 9.96. The molecule has 0 saturated heterocycles. The summed E-state index contributed by atoms with van der Waals surface area (Å²) in [7, 11) is 1.87. The standard InChI is InChI=1S/C32H32FN5/c1-7-20(4)36-24(9-3)16-22(8-2)23-14-15-29(34-6)26(17-23)21(5)32-37-30-19-35-18-27(31(30)38-32)25-12-10-11-13-28(25)33/h8-19,34,36H,3-5,7H2,1-2,6H3,(H,37,38)/b22-8+,24-16+. The molecule has 0 saturated carbocycles. The Morgan fingerprint density at radius 1 is 1.11 bits per heavy atom. The molecule has 3 N–H and O–H groups in total. The number of halogens is 1. The van der Waals surface area contributed by atoms with E-state index in [9.17, 15) is 4.39 Å². The third kappa shape index (κ3) is 5.34. The Morgan fingerprint density at radius 2 is 1.89 bits per heavy atom. The smallest absolute Gasteiger partial charge is 0.138 e. The van der Waals surface area contributed by atoms with E-state index < -0.39 is 0 Å². The number of hydrogen-bond acceptors (Lipinski definition) is 4. The van der Waals surface area contributed by atoms with Crippen LogP contribution >= 0.6 is 0 Å². The molecular weight excluding hydrogens is 473 g/mol. The third-order valence-electron chi connectivity index (χ3n) is 6.38. The third-order valence-corrected chi connectivity index (χ3v) is 6.38. The highest BCUT2D eigenvalue weighted by atomic mass is 19.1. The monoisotopic (exact) mass is 505 g/mol. The van der Waals surface area contributed by atoms with Crippen molar-refractivity contribution in [3.63, 3.8) is 0 Å². The van der Waals surface area contributed by atoms with E-state index in [0.717, 1.165) is 40.2 Å². The van der Waals surface area contributed by atoms with Crippen molar-refractivity contribution in [2.75, 3.05) is 12.4 Å². The van der Waals surface area contributed by atoms with Crippen LogP contribution in [0.4, 0.5) is 10.1 Å². The molecule has 0 amide bonds. The van der Waals surface area contributed by atoms with Gasteiger partial charge in [-0.2, -0.15) is 0 Å². The average molecular weight is 506 g/mol. The SMILES string of the molecule is C=C/C(=C\C(=C/C)c1ccc(NC)c(C(=C)c2nc3c(-c4ccccc4F)cncc3[nH]2)c1)NC(=C)CC. The summed E-state index contributed by atoms with van der Waals surface area (Å²) in [5.41, 5.74) is 8.74. The first-order chi connectivity index (χ1) is 18.4. The molecule has 38 heavy (non-hydrogen) atoms. The summed E-state index contributed by atoms with van der Waals surface area (Å²) >= 11 is 0. The van der Waals surface area contributed by atoms with Crippen LogP contribution in [0.3, 0.4) is 0 Å². The van der Waals surface area contributed by atoms with Crippen LogP contribution in [0.2, 0.25) is 0 Å². The summed E-state index contributed by atoms with van der Waals surface area (Å²) in [6.07, 6.45) is 10.0. The minimum atomic E-state index is -0.321. The van der Waals surface area contributed by atoms with Crippen LogP contribution in [0.5, 0.6) is 0 Å². The van der Waals surface area contributed by atoms with Gasteiger partial charge < -0.3 is 15.6 Å². The maximum Gasteiger partial charge on any atom is 0.138 e. The Morgan fingerprint density at radius 3 is 2.58 bits per heavy atom. The number of aromatic nitrogens is 3. The number of aromatic amines is 1. The van der Waals surface area contributed by atoms with Crippen LogP contribution in [-0.4, -0.2) is 22.0 Å². The van der Waals surface area contributed by atoms with Gasteiger partial charge in [-0.15, -0.1) is 0 Å². The maximum absolute atomic E-state index is 14.6. The van der Waals surface area contributed by atoms with Gasteiger partial charge in [0.15, 0.2) is 0 Å². The van der Waals surface area contributed by atoms with Crippen molar-refractivity contribution < 1.29 is 4.39 Å². The van der Waals surface area contributed by atoms with Crippen LogP contribution in [0.25, 0.3) is 33.3 Å². The molecule has 0 fully saturated rings. The zero-order chi connectivity index (χ0) is 27.2. The second-order valence-electron chi connectivity index (χ2n) is 8.77. The number of nitrogens with zero attached hydrogens (tertiary/aromatic N) is 2. The molecule has 0 unspecified atom stereocenters. The Hall–Kier alpha value is -4.71. The summed E-state index contributed by atoms with van der Waals surface area (Å²) in [5.74, 6) is 0.266. The number of H-pyrrole nitrogens is 1. The Kier molecular flexibility index (Phi) is 8.02. The quantitative estimate of drug-likeness (QED) is 0.192. The molecule has 0 radical (unpaired) electrons. The lowest BCUT2D eigenvalue weighted by Gasteiger charge is -2.14. The van der Waals surface area contributed by atoms with Gasteiger partial charge in [-0.3, -0.25) is 4.98 Å². The summed E-state index contributed by atoms with van der Waals surface area (Å²) in [5, 5.41) is 6.56. The fraction of sp³-hybridized carbons (Fsp3) is 0.125. The molecule has 2 aromatic carbocycles. The van der Waals surface area contributed by atoms with Crippen molar-refractivity contribution in [1.82, 2.24) is 20.3 Å². The highest BCUT2D eigenvalue weighted by Crippen LogP contribution is 2.34. The number of anilines is 1. The Labute approximate surface area is 223 Å². The molecule has 5 nitrogen and oxygen atoms in total. The first-order valence-corrected chi connectivity index (χ1v) is 12.5.